The van der Waals surface area contributed by atoms with Crippen molar-refractivity contribution in [1.82, 2.24) is 19.8 Å². The van der Waals surface area contributed by atoms with E-state index in [-0.39, 0.29) is 17.2 Å². The third-order valence-corrected chi connectivity index (χ3v) is 14.5. The lowest BCUT2D eigenvalue weighted by Gasteiger charge is -2.33. The molecular formula is C46H50Cl2N6O4. The van der Waals surface area contributed by atoms with Crippen LogP contribution in [-0.2, 0) is 24.3 Å². The van der Waals surface area contributed by atoms with Gasteiger partial charge in [0.25, 0.3) is 11.8 Å². The molecule has 4 aromatic rings. The number of carboxylic acids is 1. The van der Waals surface area contributed by atoms with Crippen LogP contribution in [0.2, 0.25) is 10.0 Å². The fourth-order valence-corrected chi connectivity index (χ4v) is 10.7. The molecule has 3 aliphatic carbocycles. The second-order valence-electron chi connectivity index (χ2n) is 17.5. The molecule has 58 heavy (non-hydrogen) atoms. The number of rotatable bonds is 12. The van der Waals surface area contributed by atoms with Crippen LogP contribution in [0.5, 0.6) is 0 Å². The molecule has 302 valence electrons. The second kappa shape index (κ2) is 16.0. The number of aromatic nitrogens is 2. The Morgan fingerprint density at radius 1 is 0.776 bits per heavy atom. The van der Waals surface area contributed by atoms with Crippen molar-refractivity contribution in [3.63, 3.8) is 0 Å². The molecule has 3 saturated carbocycles. The molecule has 2 bridgehead atoms. The van der Waals surface area contributed by atoms with Crippen LogP contribution in [0.15, 0.2) is 60.9 Å². The molecule has 3 N–H and O–H groups in total. The minimum Gasteiger partial charge on any atom is -0.481 e. The summed E-state index contributed by atoms with van der Waals surface area (Å²) in [6.07, 6.45) is 16.0. The van der Waals surface area contributed by atoms with E-state index >= 15 is 0 Å². The number of nitrogens with zero attached hydrogens (tertiary/aromatic N) is 4. The number of aliphatic carboxylic acids is 1. The minimum atomic E-state index is -0.614. The van der Waals surface area contributed by atoms with E-state index in [2.05, 4.69) is 30.4 Å². The number of hydrogen-bond donors (Lipinski definition) is 3. The van der Waals surface area contributed by atoms with Crippen molar-refractivity contribution in [3.05, 3.63) is 105 Å². The molecular weight excluding hydrogens is 771 g/mol. The molecule has 2 aliphatic heterocycles. The van der Waals surface area contributed by atoms with Gasteiger partial charge in [-0.1, -0.05) is 53.9 Å². The molecule has 4 fully saturated rings. The van der Waals surface area contributed by atoms with Gasteiger partial charge in [0.05, 0.1) is 26.8 Å². The second-order valence-corrected chi connectivity index (χ2v) is 18.3. The molecule has 5 aliphatic rings. The van der Waals surface area contributed by atoms with Crippen LogP contribution in [0.25, 0.3) is 11.1 Å². The number of carbonyl (C=O) groups excluding carboxylic acids is 2. The molecule has 0 spiro atoms. The molecule has 2 aromatic carbocycles. The van der Waals surface area contributed by atoms with Crippen LogP contribution < -0.4 is 10.6 Å². The van der Waals surface area contributed by atoms with Crippen LogP contribution in [-0.4, -0.2) is 68.8 Å². The van der Waals surface area contributed by atoms with Crippen LogP contribution in [0.1, 0.15) is 120 Å². The first-order chi connectivity index (χ1) is 28.1. The van der Waals surface area contributed by atoms with Crippen LogP contribution >= 0.6 is 23.2 Å². The topological polar surface area (TPSA) is 128 Å². The summed E-state index contributed by atoms with van der Waals surface area (Å²) in [5.74, 6) is -0.819. The number of hydrogen-bond acceptors (Lipinski definition) is 7. The summed E-state index contributed by atoms with van der Waals surface area (Å²) in [7, 11) is 0. The Bertz CT molecular complexity index is 2260. The van der Waals surface area contributed by atoms with Gasteiger partial charge in [0, 0.05) is 43.2 Å². The fraction of sp³-hybridized carbons (Fsp3) is 0.457. The van der Waals surface area contributed by atoms with Gasteiger partial charge in [0.1, 0.15) is 11.4 Å². The normalized spacial score (nSPS) is 23.1. The highest BCUT2D eigenvalue weighted by Gasteiger charge is 2.57. The van der Waals surface area contributed by atoms with Crippen molar-refractivity contribution in [2.75, 3.05) is 36.8 Å². The molecule has 12 heteroatoms. The van der Waals surface area contributed by atoms with E-state index in [1.54, 1.807) is 24.4 Å². The van der Waals surface area contributed by atoms with Crippen molar-refractivity contribution in [1.29, 1.82) is 0 Å². The summed E-state index contributed by atoms with van der Waals surface area (Å²) in [4.78, 5) is 53.1. The molecule has 2 amide bonds. The van der Waals surface area contributed by atoms with Gasteiger partial charge in [0.15, 0.2) is 0 Å². The van der Waals surface area contributed by atoms with Crippen molar-refractivity contribution in [3.8, 4) is 11.1 Å². The van der Waals surface area contributed by atoms with E-state index in [0.29, 0.717) is 49.9 Å². The third-order valence-electron chi connectivity index (χ3n) is 13.7. The van der Waals surface area contributed by atoms with Crippen molar-refractivity contribution in [2.24, 2.45) is 10.8 Å². The van der Waals surface area contributed by atoms with E-state index in [1.165, 1.54) is 30.4 Å². The number of benzene rings is 2. The lowest BCUT2D eigenvalue weighted by Crippen LogP contribution is -2.34. The number of piperidine rings is 1. The van der Waals surface area contributed by atoms with E-state index in [4.69, 9.17) is 23.2 Å². The zero-order chi connectivity index (χ0) is 40.0. The van der Waals surface area contributed by atoms with Crippen molar-refractivity contribution >= 4 is 52.4 Å². The standard InChI is InChI=1S/C46H50Cl2N6O4/c47-40-33(34-7-5-9-37(41(34)48)52-43(56)39-23-35(29-10-11-29)32(25-50-39)27-53-18-2-1-3-19-53)6-4-8-36(40)51-42(55)38-22-30-12-20-54(26-31(30)24-49-38)21-17-45-13-15-46(28-45,16-14-45)44(57)58/h4-9,22-25,29H,1-3,10-21,26-28H2,(H,51,55)(H,52,56)(H,57,58). The number of pyridine rings is 2. The summed E-state index contributed by atoms with van der Waals surface area (Å²) in [5, 5.41) is 16.4. The molecule has 10 nitrogen and oxygen atoms in total. The Morgan fingerprint density at radius 2 is 1.41 bits per heavy atom. The van der Waals surface area contributed by atoms with E-state index in [9.17, 15) is 19.5 Å². The Hall–Kier alpha value is -4.35. The van der Waals surface area contributed by atoms with Gasteiger partial charge in [-0.15, -0.1) is 0 Å². The maximum Gasteiger partial charge on any atom is 0.309 e. The smallest absolute Gasteiger partial charge is 0.309 e. The minimum absolute atomic E-state index is 0.165. The predicted molar refractivity (Wildman–Crippen MR) is 227 cm³/mol. The monoisotopic (exact) mass is 820 g/mol. The number of halogens is 2. The highest BCUT2D eigenvalue weighted by atomic mass is 35.5. The van der Waals surface area contributed by atoms with E-state index < -0.39 is 11.4 Å². The SMILES string of the molecule is O=C(Nc1cccc(-c2cccc(NC(=O)c3cc(C4CC4)c(CN4CCCCC4)cn3)c2Cl)c1Cl)c1cc2c(cn1)CN(CCC13CCC(C(=O)O)(CC1)C3)CC2. The molecule has 0 unspecified atom stereocenters. The lowest BCUT2D eigenvalue weighted by atomic mass is 9.80. The van der Waals surface area contributed by atoms with Crippen LogP contribution in [0.4, 0.5) is 11.4 Å². The Labute approximate surface area is 349 Å². The summed E-state index contributed by atoms with van der Waals surface area (Å²) < 4.78 is 0. The van der Waals surface area contributed by atoms with Gasteiger partial charge in [-0.2, -0.15) is 0 Å². The maximum atomic E-state index is 13.6. The van der Waals surface area contributed by atoms with Gasteiger partial charge in [0.2, 0.25) is 0 Å². The Morgan fingerprint density at radius 3 is 2.03 bits per heavy atom. The number of carbonyl (C=O) groups is 3. The maximum absolute atomic E-state index is 13.6. The number of carboxylic acid groups (broad SMARTS) is 1. The van der Waals surface area contributed by atoms with Gasteiger partial charge in [-0.3, -0.25) is 34.2 Å². The third kappa shape index (κ3) is 7.88. The first-order valence-electron chi connectivity index (χ1n) is 20.9. The Balaban J connectivity index is 0.845. The number of amides is 2. The quantitative estimate of drug-likeness (QED) is 0.129. The Kier molecular flexibility index (Phi) is 10.8. The van der Waals surface area contributed by atoms with Gasteiger partial charge >= 0.3 is 5.97 Å². The fourth-order valence-electron chi connectivity index (χ4n) is 10.1. The summed E-state index contributed by atoms with van der Waals surface area (Å²) in [6.45, 7) is 5.68. The highest BCUT2D eigenvalue weighted by Crippen LogP contribution is 2.63. The van der Waals surface area contributed by atoms with Gasteiger partial charge in [-0.05, 0) is 148 Å². The molecule has 9 rings (SSSR count). The average Bonchev–Trinajstić information content (AvgIpc) is 3.92. The lowest BCUT2D eigenvalue weighted by molar-refractivity contribution is -0.148. The summed E-state index contributed by atoms with van der Waals surface area (Å²) in [5.41, 5.74) is 7.11. The zero-order valence-corrected chi connectivity index (χ0v) is 34.3. The predicted octanol–water partition coefficient (Wildman–Crippen LogP) is 9.60. The van der Waals surface area contributed by atoms with Gasteiger partial charge in [-0.25, -0.2) is 0 Å². The number of fused-ring (bicyclic) bond motifs is 3. The van der Waals surface area contributed by atoms with Crippen LogP contribution in [0.3, 0.4) is 0 Å². The highest BCUT2D eigenvalue weighted by molar-refractivity contribution is 6.40. The van der Waals surface area contributed by atoms with Crippen LogP contribution in [0, 0.1) is 10.8 Å². The largest absolute Gasteiger partial charge is 0.481 e. The van der Waals surface area contributed by atoms with Crippen molar-refractivity contribution < 1.29 is 19.5 Å². The van der Waals surface area contributed by atoms with Gasteiger partial charge < -0.3 is 15.7 Å². The zero-order valence-electron chi connectivity index (χ0n) is 32.8. The van der Waals surface area contributed by atoms with E-state index in [1.807, 2.05) is 36.5 Å². The molecule has 1 saturated heterocycles. The molecule has 4 heterocycles. The molecule has 2 aromatic heterocycles. The van der Waals surface area contributed by atoms with E-state index in [0.717, 1.165) is 108 Å². The number of anilines is 2. The summed E-state index contributed by atoms with van der Waals surface area (Å²) in [6, 6.07) is 14.6. The number of likely N-dealkylation sites (tertiary alicyclic amines) is 1. The average molecular weight is 822 g/mol. The first-order valence-corrected chi connectivity index (χ1v) is 21.7. The molecule has 0 radical (unpaired) electrons. The number of nitrogens with one attached hydrogen (secondary N) is 2. The summed E-state index contributed by atoms with van der Waals surface area (Å²) >= 11 is 13.9. The molecule has 0 atom stereocenters. The van der Waals surface area contributed by atoms with Crippen molar-refractivity contribution in [2.45, 2.75) is 96.1 Å². The first kappa shape index (κ1) is 39.1.